The minimum atomic E-state index is -0.107. The number of fused-ring (bicyclic) bond motifs is 1. The zero-order valence-corrected chi connectivity index (χ0v) is 15.1. The van der Waals surface area contributed by atoms with Gasteiger partial charge >= 0.3 is 0 Å². The molecule has 0 N–H and O–H groups in total. The van der Waals surface area contributed by atoms with Gasteiger partial charge in [0.2, 0.25) is 5.91 Å². The summed E-state index contributed by atoms with van der Waals surface area (Å²) < 4.78 is 8.09. The van der Waals surface area contributed by atoms with Crippen LogP contribution < -0.4 is 0 Å². The van der Waals surface area contributed by atoms with E-state index in [-0.39, 0.29) is 12.0 Å². The zero-order valence-electron chi connectivity index (χ0n) is 15.1. The largest absolute Gasteiger partial charge is 0.368 e. The van der Waals surface area contributed by atoms with Gasteiger partial charge in [0, 0.05) is 24.0 Å². The lowest BCUT2D eigenvalue weighted by molar-refractivity contribution is -0.129. The van der Waals surface area contributed by atoms with Crippen LogP contribution in [-0.2, 0) is 29.2 Å². The van der Waals surface area contributed by atoms with Crippen LogP contribution in [0.1, 0.15) is 36.3 Å². The molecule has 0 saturated carbocycles. The molecule has 0 fully saturated rings. The maximum atomic E-state index is 12.9. The molecule has 0 spiro atoms. The van der Waals surface area contributed by atoms with Crippen LogP contribution in [0, 0.1) is 6.92 Å². The fourth-order valence-corrected chi connectivity index (χ4v) is 3.63. The maximum Gasteiger partial charge on any atom is 0.249 e. The minimum Gasteiger partial charge on any atom is -0.368 e. The molecule has 1 aliphatic carbocycles. The van der Waals surface area contributed by atoms with Gasteiger partial charge in [0.1, 0.15) is 0 Å². The molecule has 6 nitrogen and oxygen atoms in total. The number of rotatable bonds is 4. The highest BCUT2D eigenvalue weighted by molar-refractivity contribution is 5.93. The quantitative estimate of drug-likeness (QED) is 0.849. The van der Waals surface area contributed by atoms with Gasteiger partial charge in [0.25, 0.3) is 0 Å². The highest BCUT2D eigenvalue weighted by Crippen LogP contribution is 2.23. The third-order valence-electron chi connectivity index (χ3n) is 4.97. The van der Waals surface area contributed by atoms with Crippen molar-refractivity contribution in [2.24, 2.45) is 0 Å². The van der Waals surface area contributed by atoms with Crippen LogP contribution >= 0.6 is 0 Å². The highest BCUT2D eigenvalue weighted by atomic mass is 16.5. The lowest BCUT2D eigenvalue weighted by Gasteiger charge is -2.24. The van der Waals surface area contributed by atoms with Crippen molar-refractivity contribution < 1.29 is 9.53 Å². The van der Waals surface area contributed by atoms with Gasteiger partial charge in [0.05, 0.1) is 37.2 Å². The van der Waals surface area contributed by atoms with Crippen LogP contribution in [0.3, 0.4) is 0 Å². The highest BCUT2D eigenvalue weighted by Gasteiger charge is 2.28. The number of hydrogen-bond donors (Lipinski definition) is 0. The fraction of sp³-hybridized carbons (Fsp3) is 0.450. The van der Waals surface area contributed by atoms with E-state index >= 15 is 0 Å². The molecule has 0 aromatic carbocycles. The molecule has 26 heavy (non-hydrogen) atoms. The molecule has 2 aliphatic rings. The minimum absolute atomic E-state index is 0.107. The Morgan fingerprint density at radius 1 is 1.31 bits per heavy atom. The van der Waals surface area contributed by atoms with Gasteiger partial charge in [-0.1, -0.05) is 12.1 Å². The summed E-state index contributed by atoms with van der Waals surface area (Å²) >= 11 is 0. The molecule has 0 saturated heterocycles. The number of ether oxygens (including phenoxy) is 1. The number of nitrogens with zero attached hydrogens (tertiary/aromatic N) is 4. The normalized spacial score (nSPS) is 19.8. The van der Waals surface area contributed by atoms with E-state index in [0.29, 0.717) is 26.2 Å². The first-order valence-corrected chi connectivity index (χ1v) is 9.22. The number of carbonyl (C=O) groups is 1. The molecule has 3 heterocycles. The van der Waals surface area contributed by atoms with E-state index < -0.39 is 0 Å². The van der Waals surface area contributed by atoms with Crippen molar-refractivity contribution in [3.05, 3.63) is 59.2 Å². The molecular formula is C20H24N4O2. The van der Waals surface area contributed by atoms with Crippen molar-refractivity contribution in [1.82, 2.24) is 19.7 Å². The summed E-state index contributed by atoms with van der Waals surface area (Å²) in [4.78, 5) is 19.3. The number of allylic oxidation sites excluding steroid dienone is 1. The van der Waals surface area contributed by atoms with Crippen molar-refractivity contribution >= 4 is 5.91 Å². The lowest BCUT2D eigenvalue weighted by atomic mass is 10.2. The molecule has 136 valence electrons. The third kappa shape index (κ3) is 3.70. The van der Waals surface area contributed by atoms with Gasteiger partial charge in [-0.3, -0.25) is 14.5 Å². The van der Waals surface area contributed by atoms with E-state index in [1.54, 1.807) is 6.20 Å². The molecule has 0 bridgehead atoms. The molecule has 2 aromatic heterocycles. The Morgan fingerprint density at radius 3 is 3.04 bits per heavy atom. The Bertz CT molecular complexity index is 827. The standard InChI is InChI=1S/C20H24N4O2/c1-15-5-4-8-17(22-15)14-26-19-12-23(20(25)16-6-2-3-7-16)11-18-9-10-21-24(18)13-19/h4-6,8-10,19H,2-3,7,11-14H2,1H3/t19-/m1/s1. The van der Waals surface area contributed by atoms with Crippen LogP contribution in [0.25, 0.3) is 0 Å². The molecule has 2 aromatic rings. The molecule has 0 radical (unpaired) electrons. The second-order valence-corrected chi connectivity index (χ2v) is 7.02. The average Bonchev–Trinajstić information content (AvgIpc) is 3.28. The first-order chi connectivity index (χ1) is 12.7. The fourth-order valence-electron chi connectivity index (χ4n) is 3.63. The summed E-state index contributed by atoms with van der Waals surface area (Å²) in [5.41, 5.74) is 3.88. The number of amides is 1. The van der Waals surface area contributed by atoms with Crippen molar-refractivity contribution in [1.29, 1.82) is 0 Å². The third-order valence-corrected chi connectivity index (χ3v) is 4.97. The molecule has 1 amide bonds. The first-order valence-electron chi connectivity index (χ1n) is 9.22. The monoisotopic (exact) mass is 352 g/mol. The van der Waals surface area contributed by atoms with Gasteiger partial charge in [-0.05, 0) is 44.4 Å². The van der Waals surface area contributed by atoms with Crippen molar-refractivity contribution in [2.75, 3.05) is 6.54 Å². The predicted molar refractivity (Wildman–Crippen MR) is 97.1 cm³/mol. The van der Waals surface area contributed by atoms with Gasteiger partial charge in [-0.25, -0.2) is 0 Å². The summed E-state index contributed by atoms with van der Waals surface area (Å²) in [6, 6.07) is 7.91. The number of hydrogen-bond acceptors (Lipinski definition) is 4. The summed E-state index contributed by atoms with van der Waals surface area (Å²) in [5, 5.41) is 4.40. The van der Waals surface area contributed by atoms with Gasteiger partial charge < -0.3 is 9.64 Å². The Balaban J connectivity index is 1.49. The summed E-state index contributed by atoms with van der Waals surface area (Å²) in [7, 11) is 0. The van der Waals surface area contributed by atoms with Crippen molar-refractivity contribution in [3.63, 3.8) is 0 Å². The van der Waals surface area contributed by atoms with E-state index in [1.165, 1.54) is 0 Å². The summed E-state index contributed by atoms with van der Waals surface area (Å²) in [6.45, 7) is 4.22. The first kappa shape index (κ1) is 17.0. The number of carbonyl (C=O) groups excluding carboxylic acids is 1. The summed E-state index contributed by atoms with van der Waals surface area (Å²) in [5.74, 6) is 0.138. The topological polar surface area (TPSA) is 60.2 Å². The van der Waals surface area contributed by atoms with E-state index in [1.807, 2.05) is 40.8 Å². The van der Waals surface area contributed by atoms with Crippen LogP contribution in [0.2, 0.25) is 0 Å². The van der Waals surface area contributed by atoms with Crippen molar-refractivity contribution in [2.45, 2.75) is 52.0 Å². The Hall–Kier alpha value is -2.47. The Kier molecular flexibility index (Phi) is 4.84. The lowest BCUT2D eigenvalue weighted by Crippen LogP contribution is -2.37. The van der Waals surface area contributed by atoms with E-state index in [0.717, 1.165) is 41.9 Å². The number of aromatic nitrogens is 3. The Morgan fingerprint density at radius 2 is 2.23 bits per heavy atom. The zero-order chi connectivity index (χ0) is 17.9. The van der Waals surface area contributed by atoms with Crippen LogP contribution in [0.15, 0.2) is 42.1 Å². The van der Waals surface area contributed by atoms with Crippen molar-refractivity contribution in [3.8, 4) is 0 Å². The number of pyridine rings is 1. The summed E-state index contributed by atoms with van der Waals surface area (Å²) in [6.07, 6.45) is 6.73. The molecule has 1 atom stereocenters. The number of aryl methyl sites for hydroxylation is 1. The predicted octanol–water partition coefficient (Wildman–Crippen LogP) is 2.62. The second kappa shape index (κ2) is 7.41. The molecule has 0 unspecified atom stereocenters. The van der Waals surface area contributed by atoms with Crippen LogP contribution in [0.5, 0.6) is 0 Å². The molecular weight excluding hydrogens is 328 g/mol. The van der Waals surface area contributed by atoms with Gasteiger partial charge in [0.15, 0.2) is 0 Å². The van der Waals surface area contributed by atoms with Gasteiger partial charge in [-0.2, -0.15) is 5.10 Å². The molecule has 6 heteroatoms. The molecule has 4 rings (SSSR count). The average molecular weight is 352 g/mol. The van der Waals surface area contributed by atoms with Gasteiger partial charge in [-0.15, -0.1) is 0 Å². The Labute approximate surface area is 153 Å². The van der Waals surface area contributed by atoms with E-state index in [2.05, 4.69) is 16.2 Å². The smallest absolute Gasteiger partial charge is 0.249 e. The maximum absolute atomic E-state index is 12.9. The SMILES string of the molecule is Cc1cccc(CO[C@@H]2CN(C(=O)C3=CCCC3)Cc3ccnn3C2)n1. The second-order valence-electron chi connectivity index (χ2n) is 7.02. The van der Waals surface area contributed by atoms with Crippen LogP contribution in [-0.4, -0.2) is 38.2 Å². The van der Waals surface area contributed by atoms with Crippen LogP contribution in [0.4, 0.5) is 0 Å². The molecule has 1 aliphatic heterocycles. The van der Waals surface area contributed by atoms with E-state index in [4.69, 9.17) is 4.74 Å². The van der Waals surface area contributed by atoms with E-state index in [9.17, 15) is 4.79 Å².